The van der Waals surface area contributed by atoms with Gasteiger partial charge in [-0.05, 0) is 36.3 Å². The zero-order chi connectivity index (χ0) is 14.8. The first-order chi connectivity index (χ1) is 9.38. The SMILES string of the molecule is CC(C)COc1nc(NC2CCCC2(C)C)ccc1N. The molecule has 112 valence electrons. The van der Waals surface area contributed by atoms with E-state index in [4.69, 9.17) is 10.5 Å². The average molecular weight is 277 g/mol. The van der Waals surface area contributed by atoms with Gasteiger partial charge in [0.25, 0.3) is 0 Å². The highest BCUT2D eigenvalue weighted by Crippen LogP contribution is 2.39. The van der Waals surface area contributed by atoms with Crippen LogP contribution in [0, 0.1) is 11.3 Å². The van der Waals surface area contributed by atoms with Crippen LogP contribution in [0.4, 0.5) is 11.5 Å². The summed E-state index contributed by atoms with van der Waals surface area (Å²) < 4.78 is 5.68. The first kappa shape index (κ1) is 14.9. The lowest BCUT2D eigenvalue weighted by molar-refractivity contribution is 0.263. The van der Waals surface area contributed by atoms with E-state index in [2.05, 4.69) is 38.0 Å². The molecule has 1 fully saturated rings. The minimum atomic E-state index is 0.321. The van der Waals surface area contributed by atoms with E-state index in [1.54, 1.807) is 0 Å². The molecule has 0 amide bonds. The highest BCUT2D eigenvalue weighted by molar-refractivity contribution is 5.54. The van der Waals surface area contributed by atoms with Gasteiger partial charge in [-0.1, -0.05) is 34.1 Å². The summed E-state index contributed by atoms with van der Waals surface area (Å²) in [5.41, 5.74) is 6.84. The molecule has 1 aliphatic rings. The van der Waals surface area contributed by atoms with Crippen molar-refractivity contribution in [2.24, 2.45) is 11.3 Å². The number of nitrogens with one attached hydrogen (secondary N) is 1. The number of nitrogens with two attached hydrogens (primary N) is 1. The minimum Gasteiger partial charge on any atom is -0.476 e. The highest BCUT2D eigenvalue weighted by atomic mass is 16.5. The Balaban J connectivity index is 2.07. The van der Waals surface area contributed by atoms with E-state index in [0.717, 1.165) is 5.82 Å². The third-order valence-electron chi connectivity index (χ3n) is 4.02. The fourth-order valence-corrected chi connectivity index (χ4v) is 2.67. The van der Waals surface area contributed by atoms with Gasteiger partial charge in [0.15, 0.2) is 0 Å². The molecule has 1 aromatic heterocycles. The van der Waals surface area contributed by atoms with E-state index in [9.17, 15) is 0 Å². The summed E-state index contributed by atoms with van der Waals surface area (Å²) in [5.74, 6) is 1.86. The second-order valence-electron chi connectivity index (χ2n) is 6.87. The Morgan fingerprint density at radius 1 is 1.45 bits per heavy atom. The maximum atomic E-state index is 5.92. The Morgan fingerprint density at radius 3 is 2.80 bits per heavy atom. The normalized spacial score (nSPS) is 21.1. The van der Waals surface area contributed by atoms with Crippen molar-refractivity contribution in [3.8, 4) is 5.88 Å². The molecule has 2 rings (SSSR count). The first-order valence-corrected chi connectivity index (χ1v) is 7.54. The largest absolute Gasteiger partial charge is 0.476 e. The number of aromatic nitrogens is 1. The number of hydrogen-bond acceptors (Lipinski definition) is 4. The van der Waals surface area contributed by atoms with Crippen molar-refractivity contribution < 1.29 is 4.74 Å². The van der Waals surface area contributed by atoms with Crippen LogP contribution in [0.5, 0.6) is 5.88 Å². The van der Waals surface area contributed by atoms with Crippen molar-refractivity contribution in [2.45, 2.75) is 53.0 Å². The van der Waals surface area contributed by atoms with E-state index in [1.807, 2.05) is 12.1 Å². The zero-order valence-electron chi connectivity index (χ0n) is 13.1. The molecule has 1 aliphatic carbocycles. The number of ether oxygens (including phenoxy) is 1. The summed E-state index contributed by atoms with van der Waals surface area (Å²) in [6.07, 6.45) is 3.73. The molecule has 0 spiro atoms. The van der Waals surface area contributed by atoms with Gasteiger partial charge in [-0.25, -0.2) is 0 Å². The Labute approximate surface area is 122 Å². The van der Waals surface area contributed by atoms with Crippen LogP contribution in [-0.2, 0) is 0 Å². The summed E-state index contributed by atoms with van der Waals surface area (Å²) in [7, 11) is 0. The van der Waals surface area contributed by atoms with Gasteiger partial charge in [0.2, 0.25) is 5.88 Å². The molecule has 0 radical (unpaired) electrons. The third kappa shape index (κ3) is 3.56. The zero-order valence-corrected chi connectivity index (χ0v) is 13.1. The third-order valence-corrected chi connectivity index (χ3v) is 4.02. The monoisotopic (exact) mass is 277 g/mol. The molecular formula is C16H27N3O. The second kappa shape index (κ2) is 5.90. The molecule has 1 atom stereocenters. The van der Waals surface area contributed by atoms with Gasteiger partial charge in [-0.15, -0.1) is 0 Å². The van der Waals surface area contributed by atoms with Gasteiger partial charge in [-0.3, -0.25) is 0 Å². The van der Waals surface area contributed by atoms with E-state index < -0.39 is 0 Å². The fraction of sp³-hybridized carbons (Fsp3) is 0.688. The molecule has 0 saturated heterocycles. The Hall–Kier alpha value is -1.45. The summed E-state index contributed by atoms with van der Waals surface area (Å²) in [4.78, 5) is 4.51. The van der Waals surface area contributed by atoms with Crippen LogP contribution in [0.25, 0.3) is 0 Å². The maximum Gasteiger partial charge on any atom is 0.239 e. The van der Waals surface area contributed by atoms with Crippen molar-refractivity contribution in [1.29, 1.82) is 0 Å². The summed E-state index contributed by atoms with van der Waals surface area (Å²) >= 11 is 0. The minimum absolute atomic E-state index is 0.321. The molecule has 4 heteroatoms. The van der Waals surface area contributed by atoms with Crippen molar-refractivity contribution in [1.82, 2.24) is 4.98 Å². The highest BCUT2D eigenvalue weighted by Gasteiger charge is 2.34. The molecule has 1 heterocycles. The molecule has 0 aliphatic heterocycles. The Bertz CT molecular complexity index is 457. The topological polar surface area (TPSA) is 60.2 Å². The molecule has 3 N–H and O–H groups in total. The molecule has 20 heavy (non-hydrogen) atoms. The van der Waals surface area contributed by atoms with Crippen molar-refractivity contribution >= 4 is 11.5 Å². The van der Waals surface area contributed by atoms with Gasteiger partial charge in [-0.2, -0.15) is 4.98 Å². The molecule has 4 nitrogen and oxygen atoms in total. The lowest BCUT2D eigenvalue weighted by Crippen LogP contribution is -2.31. The van der Waals surface area contributed by atoms with E-state index in [0.29, 0.717) is 35.5 Å². The number of rotatable bonds is 5. The van der Waals surface area contributed by atoms with E-state index >= 15 is 0 Å². The van der Waals surface area contributed by atoms with Crippen molar-refractivity contribution in [2.75, 3.05) is 17.7 Å². The van der Waals surface area contributed by atoms with Crippen LogP contribution in [0.3, 0.4) is 0 Å². The van der Waals surface area contributed by atoms with E-state index in [1.165, 1.54) is 19.3 Å². The fourth-order valence-electron chi connectivity index (χ4n) is 2.67. The number of nitrogens with zero attached hydrogens (tertiary/aromatic N) is 1. The lowest BCUT2D eigenvalue weighted by atomic mass is 9.87. The average Bonchev–Trinajstić information content (AvgIpc) is 2.69. The molecule has 1 aromatic rings. The molecular weight excluding hydrogens is 250 g/mol. The number of hydrogen-bond donors (Lipinski definition) is 2. The van der Waals surface area contributed by atoms with E-state index in [-0.39, 0.29) is 0 Å². The van der Waals surface area contributed by atoms with Crippen LogP contribution in [-0.4, -0.2) is 17.6 Å². The molecule has 0 aromatic carbocycles. The second-order valence-corrected chi connectivity index (χ2v) is 6.87. The number of pyridine rings is 1. The van der Waals surface area contributed by atoms with Crippen LogP contribution in [0.2, 0.25) is 0 Å². The van der Waals surface area contributed by atoms with Crippen molar-refractivity contribution in [3.05, 3.63) is 12.1 Å². The Morgan fingerprint density at radius 2 is 2.20 bits per heavy atom. The number of anilines is 2. The predicted molar refractivity (Wildman–Crippen MR) is 84.0 cm³/mol. The van der Waals surface area contributed by atoms with Crippen LogP contribution < -0.4 is 15.8 Å². The summed E-state index contributed by atoms with van der Waals surface area (Å²) in [6.45, 7) is 9.48. The lowest BCUT2D eigenvalue weighted by Gasteiger charge is -2.28. The van der Waals surface area contributed by atoms with Crippen LogP contribution in [0.15, 0.2) is 12.1 Å². The van der Waals surface area contributed by atoms with Gasteiger partial charge in [0.05, 0.1) is 12.3 Å². The smallest absolute Gasteiger partial charge is 0.239 e. The molecule has 0 bridgehead atoms. The maximum absolute atomic E-state index is 5.92. The quantitative estimate of drug-likeness (QED) is 0.861. The molecule has 1 saturated carbocycles. The van der Waals surface area contributed by atoms with Crippen LogP contribution in [0.1, 0.15) is 47.0 Å². The van der Waals surface area contributed by atoms with Gasteiger partial charge in [0.1, 0.15) is 5.82 Å². The molecule has 1 unspecified atom stereocenters. The first-order valence-electron chi connectivity index (χ1n) is 7.54. The van der Waals surface area contributed by atoms with Crippen LogP contribution >= 0.6 is 0 Å². The summed E-state index contributed by atoms with van der Waals surface area (Å²) in [6, 6.07) is 4.27. The Kier molecular flexibility index (Phi) is 4.41. The van der Waals surface area contributed by atoms with Crippen molar-refractivity contribution in [3.63, 3.8) is 0 Å². The van der Waals surface area contributed by atoms with Gasteiger partial charge < -0.3 is 15.8 Å². The standard InChI is InChI=1S/C16H27N3O/c1-11(2)10-20-15-12(17)7-8-14(19-15)18-13-6-5-9-16(13,3)4/h7-8,11,13H,5-6,9-10,17H2,1-4H3,(H,18,19). The van der Waals surface area contributed by atoms with Gasteiger partial charge >= 0.3 is 0 Å². The predicted octanol–water partition coefficient (Wildman–Crippen LogP) is 3.69. The van der Waals surface area contributed by atoms with Gasteiger partial charge in [0, 0.05) is 6.04 Å². The number of nitrogen functional groups attached to an aromatic ring is 1. The summed E-state index contributed by atoms with van der Waals surface area (Å²) in [5, 5.41) is 3.54.